The van der Waals surface area contributed by atoms with E-state index in [2.05, 4.69) is 4.98 Å². The first kappa shape index (κ1) is 28.8. The lowest BCUT2D eigenvalue weighted by atomic mass is 9.79. The Morgan fingerprint density at radius 2 is 1.76 bits per heavy atom. The van der Waals surface area contributed by atoms with E-state index < -0.39 is 41.2 Å². The molecular weight excluding hydrogens is 476 g/mol. The first-order valence-electron chi connectivity index (χ1n) is 13.1. The molecular formula is C27H42N4O6. The van der Waals surface area contributed by atoms with Gasteiger partial charge >= 0.3 is 5.97 Å². The zero-order valence-corrected chi connectivity index (χ0v) is 23.4. The van der Waals surface area contributed by atoms with Gasteiger partial charge in [0.15, 0.2) is 0 Å². The van der Waals surface area contributed by atoms with Crippen LogP contribution in [0.25, 0.3) is 0 Å². The van der Waals surface area contributed by atoms with Crippen molar-refractivity contribution in [2.45, 2.75) is 96.1 Å². The average molecular weight is 519 g/mol. The Bertz CT molecular complexity index is 999. The van der Waals surface area contributed by atoms with Crippen molar-refractivity contribution in [2.24, 2.45) is 11.8 Å². The van der Waals surface area contributed by atoms with Crippen LogP contribution < -0.4 is 4.90 Å². The van der Waals surface area contributed by atoms with Gasteiger partial charge in [0.25, 0.3) is 0 Å². The van der Waals surface area contributed by atoms with Gasteiger partial charge < -0.3 is 19.3 Å². The molecule has 2 aliphatic rings. The van der Waals surface area contributed by atoms with Crippen LogP contribution in [-0.4, -0.2) is 71.2 Å². The third-order valence-electron chi connectivity index (χ3n) is 7.62. The highest BCUT2D eigenvalue weighted by molar-refractivity contribution is 5.88. The summed E-state index contributed by atoms with van der Waals surface area (Å²) < 4.78 is 11.6. The molecule has 37 heavy (non-hydrogen) atoms. The monoisotopic (exact) mass is 518 g/mol. The van der Waals surface area contributed by atoms with Crippen LogP contribution in [0.5, 0.6) is 0 Å². The van der Waals surface area contributed by atoms with Gasteiger partial charge in [-0.3, -0.25) is 14.9 Å². The van der Waals surface area contributed by atoms with Crippen LogP contribution in [0.4, 0.5) is 5.82 Å². The summed E-state index contributed by atoms with van der Waals surface area (Å²) in [6, 6.07) is -0.0617. The second-order valence-electron chi connectivity index (χ2n) is 11.9. The lowest BCUT2D eigenvalue weighted by molar-refractivity contribution is -0.537. The molecule has 1 saturated carbocycles. The average Bonchev–Trinajstić information content (AvgIpc) is 3.20. The number of pyridine rings is 1. The van der Waals surface area contributed by atoms with E-state index in [0.717, 1.165) is 19.3 Å². The minimum atomic E-state index is -1.32. The highest BCUT2D eigenvalue weighted by atomic mass is 16.6. The number of esters is 1. The van der Waals surface area contributed by atoms with E-state index in [1.54, 1.807) is 71.9 Å². The molecule has 2 heterocycles. The molecule has 3 rings (SSSR count). The molecule has 2 fully saturated rings. The first-order chi connectivity index (χ1) is 17.2. The highest BCUT2D eigenvalue weighted by Crippen LogP contribution is 2.50. The number of hydrogen-bond acceptors (Lipinski definition) is 8. The van der Waals surface area contributed by atoms with Crippen molar-refractivity contribution in [3.05, 3.63) is 34.0 Å². The number of anilines is 1. The van der Waals surface area contributed by atoms with Crippen molar-refractivity contribution in [2.75, 3.05) is 26.1 Å². The Morgan fingerprint density at radius 3 is 2.27 bits per heavy atom. The molecule has 1 aliphatic heterocycles. The van der Waals surface area contributed by atoms with Crippen molar-refractivity contribution < 1.29 is 24.0 Å². The predicted octanol–water partition coefficient (Wildman–Crippen LogP) is 4.01. The van der Waals surface area contributed by atoms with E-state index in [1.807, 2.05) is 0 Å². The Kier molecular flexibility index (Phi) is 8.51. The number of likely N-dealkylation sites (tertiary alicyclic amines) is 1. The highest BCUT2D eigenvalue weighted by Gasteiger charge is 2.66. The number of nitro groups is 1. The van der Waals surface area contributed by atoms with Crippen molar-refractivity contribution in [1.82, 2.24) is 9.88 Å². The minimum absolute atomic E-state index is 0.240. The minimum Gasteiger partial charge on any atom is -0.458 e. The summed E-state index contributed by atoms with van der Waals surface area (Å²) in [5.74, 6) is -1.65. The molecule has 206 valence electrons. The van der Waals surface area contributed by atoms with Crippen LogP contribution in [0.15, 0.2) is 18.3 Å². The van der Waals surface area contributed by atoms with Gasteiger partial charge in [0.1, 0.15) is 23.5 Å². The van der Waals surface area contributed by atoms with Gasteiger partial charge in [-0.2, -0.15) is 0 Å². The van der Waals surface area contributed by atoms with E-state index >= 15 is 0 Å². The van der Waals surface area contributed by atoms with Crippen LogP contribution in [0, 0.1) is 22.0 Å². The van der Waals surface area contributed by atoms with Gasteiger partial charge in [-0.05, 0) is 53.5 Å². The number of carbonyl (C=O) groups is 2. The fourth-order valence-electron chi connectivity index (χ4n) is 5.87. The predicted molar refractivity (Wildman–Crippen MR) is 140 cm³/mol. The van der Waals surface area contributed by atoms with Crippen LogP contribution in [0.3, 0.4) is 0 Å². The number of rotatable bonds is 7. The summed E-state index contributed by atoms with van der Waals surface area (Å²) >= 11 is 0. The third kappa shape index (κ3) is 5.89. The van der Waals surface area contributed by atoms with Gasteiger partial charge in [0.05, 0.1) is 11.5 Å². The molecule has 1 saturated heterocycles. The number of nitrogens with zero attached hydrogens (tertiary/aromatic N) is 4. The van der Waals surface area contributed by atoms with Crippen molar-refractivity contribution in [1.29, 1.82) is 0 Å². The molecule has 1 aromatic rings. The fourth-order valence-corrected chi connectivity index (χ4v) is 5.87. The van der Waals surface area contributed by atoms with E-state index in [1.165, 1.54) is 12.0 Å². The standard InChI is InChI=1S/C27H42N4O6/c1-26(2,3)37-25(33)22-19(27(4,5)36-8)21(31(34)35)20(18-15-12-16-28-23(18)29(6)7)30(22)24(32)17-13-10-9-11-14-17/h12,15-17,19-22H,9-11,13-14H2,1-8H3/t19-,20-,21-,22-/m0/s1. The second-order valence-corrected chi connectivity index (χ2v) is 11.9. The molecule has 0 N–H and O–H groups in total. The number of carbonyl (C=O) groups excluding carboxylic acids is 2. The van der Waals surface area contributed by atoms with Crippen LogP contribution in [0.2, 0.25) is 0 Å². The molecule has 1 aromatic heterocycles. The van der Waals surface area contributed by atoms with Crippen LogP contribution in [0.1, 0.15) is 78.3 Å². The van der Waals surface area contributed by atoms with Crippen LogP contribution in [-0.2, 0) is 19.1 Å². The summed E-state index contributed by atoms with van der Waals surface area (Å²) in [5, 5.41) is 12.9. The summed E-state index contributed by atoms with van der Waals surface area (Å²) in [7, 11) is 5.08. The van der Waals surface area contributed by atoms with E-state index in [4.69, 9.17) is 9.47 Å². The van der Waals surface area contributed by atoms with E-state index in [0.29, 0.717) is 24.2 Å². The Balaban J connectivity index is 2.31. The lowest BCUT2D eigenvalue weighted by Gasteiger charge is -2.37. The molecule has 0 bridgehead atoms. The topological polar surface area (TPSA) is 115 Å². The number of amides is 1. The first-order valence-corrected chi connectivity index (χ1v) is 13.1. The van der Waals surface area contributed by atoms with Crippen molar-refractivity contribution in [3.63, 3.8) is 0 Å². The number of aromatic nitrogens is 1. The molecule has 1 aliphatic carbocycles. The van der Waals surface area contributed by atoms with Crippen LogP contribution >= 0.6 is 0 Å². The Labute approximate surface area is 219 Å². The quantitative estimate of drug-likeness (QED) is 0.302. The molecule has 10 heteroatoms. The van der Waals surface area contributed by atoms with Gasteiger partial charge in [-0.1, -0.05) is 25.3 Å². The summed E-state index contributed by atoms with van der Waals surface area (Å²) in [4.78, 5) is 48.4. The summed E-state index contributed by atoms with van der Waals surface area (Å²) in [6.45, 7) is 8.70. The fraction of sp³-hybridized carbons (Fsp3) is 0.741. The molecule has 1 amide bonds. The van der Waals surface area contributed by atoms with Crippen molar-refractivity contribution in [3.8, 4) is 0 Å². The normalized spacial score (nSPS) is 25.1. The molecule has 0 unspecified atom stereocenters. The zero-order chi connectivity index (χ0) is 27.7. The number of hydrogen-bond donors (Lipinski definition) is 0. The maximum atomic E-state index is 14.3. The Morgan fingerprint density at radius 1 is 1.14 bits per heavy atom. The van der Waals surface area contributed by atoms with Gasteiger partial charge in [0.2, 0.25) is 11.9 Å². The van der Waals surface area contributed by atoms with Crippen molar-refractivity contribution >= 4 is 17.7 Å². The van der Waals surface area contributed by atoms with Gasteiger partial charge in [-0.25, -0.2) is 9.78 Å². The maximum absolute atomic E-state index is 14.3. The van der Waals surface area contributed by atoms with E-state index in [9.17, 15) is 19.7 Å². The largest absolute Gasteiger partial charge is 0.458 e. The van der Waals surface area contributed by atoms with Gasteiger partial charge in [-0.15, -0.1) is 0 Å². The van der Waals surface area contributed by atoms with Gasteiger partial charge in [0, 0.05) is 43.8 Å². The summed E-state index contributed by atoms with van der Waals surface area (Å²) in [6.07, 6.45) is 5.87. The number of ether oxygens (including phenoxy) is 2. The summed E-state index contributed by atoms with van der Waals surface area (Å²) in [5.41, 5.74) is -1.43. The lowest BCUT2D eigenvalue weighted by Crippen LogP contribution is -2.54. The Hall–Kier alpha value is -2.75. The SMILES string of the molecule is COC(C)(C)[C@H]1[C@H]([N+](=O)[O-])[C@H](c2cccnc2N(C)C)N(C(=O)C2CCCCC2)[C@@H]1C(=O)OC(C)(C)C. The maximum Gasteiger partial charge on any atom is 0.330 e. The molecule has 0 spiro atoms. The smallest absolute Gasteiger partial charge is 0.330 e. The zero-order valence-electron chi connectivity index (χ0n) is 23.4. The second kappa shape index (κ2) is 10.9. The van der Waals surface area contributed by atoms with E-state index in [-0.39, 0.29) is 16.7 Å². The molecule has 0 radical (unpaired) electrons. The third-order valence-corrected chi connectivity index (χ3v) is 7.62. The molecule has 10 nitrogen and oxygen atoms in total. The molecule has 4 atom stereocenters. The number of methoxy groups -OCH3 is 1. The molecule has 0 aromatic carbocycles.